The Balaban J connectivity index is 2.53. The molecule has 0 unspecified atom stereocenters. The van der Waals surface area contributed by atoms with Gasteiger partial charge >= 0.3 is 12.1 Å². The fraction of sp³-hybridized carbons (Fsp3) is 0.400. The molecule has 2 rings (SSSR count). The molecule has 0 radical (unpaired) electrons. The number of ether oxygens (including phenoxy) is 2. The molecule has 0 amide bonds. The van der Waals surface area contributed by atoms with Crippen LogP contribution in [-0.2, 0) is 9.47 Å². The molecule has 112 valence electrons. The monoisotopic (exact) mass is 290 g/mol. The van der Waals surface area contributed by atoms with E-state index in [1.807, 2.05) is 0 Å². The number of esters is 1. The van der Waals surface area contributed by atoms with Crippen LogP contribution in [-0.4, -0.2) is 33.8 Å². The molecule has 1 heterocycles. The molecule has 0 fully saturated rings. The summed E-state index contributed by atoms with van der Waals surface area (Å²) < 4.78 is 11.5. The first-order valence-corrected chi connectivity index (χ1v) is 6.79. The minimum absolute atomic E-state index is 0.0736. The van der Waals surface area contributed by atoms with Crippen molar-refractivity contribution in [2.45, 2.75) is 39.9 Å². The second-order valence-corrected chi connectivity index (χ2v) is 5.15. The third-order valence-corrected chi connectivity index (χ3v) is 2.61. The van der Waals surface area contributed by atoms with Crippen LogP contribution < -0.4 is 0 Å². The number of carbonyl (C=O) groups is 2. The van der Waals surface area contributed by atoms with Gasteiger partial charge in [0.15, 0.2) is 0 Å². The number of carbonyl (C=O) groups excluding carboxylic acids is 2. The summed E-state index contributed by atoms with van der Waals surface area (Å²) in [6.07, 6.45) is -1.24. The third kappa shape index (κ3) is 3.21. The number of aromatic nitrogens is 2. The van der Waals surface area contributed by atoms with Crippen LogP contribution in [0, 0.1) is 0 Å². The van der Waals surface area contributed by atoms with E-state index in [-0.39, 0.29) is 18.0 Å². The summed E-state index contributed by atoms with van der Waals surface area (Å²) in [6, 6.07) is 6.97. The Labute approximate surface area is 122 Å². The normalized spacial score (nSPS) is 11.1. The second-order valence-electron chi connectivity index (χ2n) is 5.15. The summed E-state index contributed by atoms with van der Waals surface area (Å²) in [5.74, 6) is -0.725. The van der Waals surface area contributed by atoms with E-state index in [1.165, 1.54) is 0 Å². The van der Waals surface area contributed by atoms with Crippen LogP contribution in [0.3, 0.4) is 0 Å². The Morgan fingerprint density at radius 2 is 1.67 bits per heavy atom. The first-order valence-electron chi connectivity index (χ1n) is 6.79. The van der Waals surface area contributed by atoms with Crippen molar-refractivity contribution in [2.24, 2.45) is 0 Å². The molecule has 1 aromatic carbocycles. The Kier molecular flexibility index (Phi) is 4.26. The summed E-state index contributed by atoms with van der Waals surface area (Å²) in [4.78, 5) is 28.5. The zero-order chi connectivity index (χ0) is 15.6. The van der Waals surface area contributed by atoms with Gasteiger partial charge in [0, 0.05) is 0 Å². The molecular weight excluding hydrogens is 272 g/mol. The summed E-state index contributed by atoms with van der Waals surface area (Å²) in [5.41, 5.74) is 1.05. The van der Waals surface area contributed by atoms with Crippen LogP contribution in [0.5, 0.6) is 0 Å². The van der Waals surface area contributed by atoms with Crippen LogP contribution in [0.2, 0.25) is 0 Å². The number of hydrogen-bond donors (Lipinski definition) is 0. The molecule has 2 aromatic rings. The molecular formula is C15H18N2O4. The molecule has 6 nitrogen and oxygen atoms in total. The standard InChI is InChI=1S/C15H18N2O4/c1-9(2)20-14(18)13-16-11-7-5-6-8-12(11)17(13)15(19)21-10(3)4/h5-10H,1-4H3. The van der Waals surface area contributed by atoms with Gasteiger partial charge in [-0.1, -0.05) is 12.1 Å². The zero-order valence-electron chi connectivity index (χ0n) is 12.5. The van der Waals surface area contributed by atoms with Crippen molar-refractivity contribution in [1.29, 1.82) is 0 Å². The van der Waals surface area contributed by atoms with Gasteiger partial charge in [-0.3, -0.25) is 0 Å². The van der Waals surface area contributed by atoms with E-state index in [0.717, 1.165) is 4.57 Å². The van der Waals surface area contributed by atoms with Gasteiger partial charge in [0.05, 0.1) is 23.2 Å². The first kappa shape index (κ1) is 15.0. The topological polar surface area (TPSA) is 70.4 Å². The van der Waals surface area contributed by atoms with Gasteiger partial charge in [-0.2, -0.15) is 0 Å². The number of fused-ring (bicyclic) bond motifs is 1. The minimum atomic E-state index is -0.651. The highest BCUT2D eigenvalue weighted by Crippen LogP contribution is 2.18. The average molecular weight is 290 g/mol. The van der Waals surface area contributed by atoms with Crippen molar-refractivity contribution < 1.29 is 19.1 Å². The van der Waals surface area contributed by atoms with Crippen molar-refractivity contribution in [3.05, 3.63) is 30.1 Å². The number of nitrogens with zero attached hydrogens (tertiary/aromatic N) is 2. The van der Waals surface area contributed by atoms with Gasteiger partial charge in [0.25, 0.3) is 0 Å². The lowest BCUT2D eigenvalue weighted by Gasteiger charge is -2.12. The predicted molar refractivity (Wildman–Crippen MR) is 77.3 cm³/mol. The van der Waals surface area contributed by atoms with Crippen LogP contribution >= 0.6 is 0 Å². The average Bonchev–Trinajstić information content (AvgIpc) is 2.76. The Hall–Kier alpha value is -2.37. The summed E-state index contributed by atoms with van der Waals surface area (Å²) >= 11 is 0. The predicted octanol–water partition coefficient (Wildman–Crippen LogP) is 2.99. The maximum absolute atomic E-state index is 12.2. The molecule has 21 heavy (non-hydrogen) atoms. The zero-order valence-corrected chi connectivity index (χ0v) is 12.5. The lowest BCUT2D eigenvalue weighted by Crippen LogP contribution is -2.24. The highest BCUT2D eigenvalue weighted by atomic mass is 16.6. The summed E-state index contributed by atoms with van der Waals surface area (Å²) in [5, 5.41) is 0. The fourth-order valence-corrected chi connectivity index (χ4v) is 1.87. The molecule has 0 aliphatic carbocycles. The van der Waals surface area contributed by atoms with Gasteiger partial charge in [0.2, 0.25) is 5.82 Å². The van der Waals surface area contributed by atoms with Crippen molar-refractivity contribution >= 4 is 23.1 Å². The van der Waals surface area contributed by atoms with Crippen molar-refractivity contribution in [3.8, 4) is 0 Å². The highest BCUT2D eigenvalue weighted by Gasteiger charge is 2.25. The van der Waals surface area contributed by atoms with E-state index in [4.69, 9.17) is 9.47 Å². The summed E-state index contributed by atoms with van der Waals surface area (Å²) in [6.45, 7) is 6.95. The largest absolute Gasteiger partial charge is 0.457 e. The van der Waals surface area contributed by atoms with Crippen molar-refractivity contribution in [2.75, 3.05) is 0 Å². The molecule has 0 aliphatic rings. The quantitative estimate of drug-likeness (QED) is 0.813. The van der Waals surface area contributed by atoms with Gasteiger partial charge in [0.1, 0.15) is 0 Å². The molecule has 0 atom stereocenters. The third-order valence-electron chi connectivity index (χ3n) is 2.61. The maximum Gasteiger partial charge on any atom is 0.420 e. The van der Waals surface area contributed by atoms with Crippen LogP contribution in [0.4, 0.5) is 4.79 Å². The van der Waals surface area contributed by atoms with Crippen molar-refractivity contribution in [3.63, 3.8) is 0 Å². The molecule has 0 aliphatic heterocycles. The van der Waals surface area contributed by atoms with E-state index in [0.29, 0.717) is 11.0 Å². The minimum Gasteiger partial charge on any atom is -0.457 e. The van der Waals surface area contributed by atoms with E-state index < -0.39 is 12.1 Å². The van der Waals surface area contributed by atoms with Gasteiger partial charge in [-0.15, -0.1) is 0 Å². The van der Waals surface area contributed by atoms with E-state index in [9.17, 15) is 9.59 Å². The smallest absolute Gasteiger partial charge is 0.420 e. The van der Waals surface area contributed by atoms with Crippen LogP contribution in [0.25, 0.3) is 11.0 Å². The van der Waals surface area contributed by atoms with Crippen molar-refractivity contribution in [1.82, 2.24) is 9.55 Å². The first-order chi connectivity index (χ1) is 9.90. The lowest BCUT2D eigenvalue weighted by molar-refractivity contribution is 0.0354. The number of hydrogen-bond acceptors (Lipinski definition) is 5. The number of benzene rings is 1. The number of imidazole rings is 1. The molecule has 0 saturated heterocycles. The van der Waals surface area contributed by atoms with E-state index in [2.05, 4.69) is 4.98 Å². The van der Waals surface area contributed by atoms with Gasteiger partial charge in [-0.05, 0) is 39.8 Å². The lowest BCUT2D eigenvalue weighted by atomic mass is 10.3. The van der Waals surface area contributed by atoms with Gasteiger partial charge < -0.3 is 9.47 Å². The molecule has 0 N–H and O–H groups in total. The molecule has 0 spiro atoms. The molecule has 6 heteroatoms. The number of para-hydroxylation sites is 2. The SMILES string of the molecule is CC(C)OC(=O)c1nc2ccccc2n1C(=O)OC(C)C. The Bertz CT molecular complexity index is 673. The van der Waals surface area contributed by atoms with Gasteiger partial charge in [-0.25, -0.2) is 19.1 Å². The second kappa shape index (κ2) is 5.95. The molecule has 1 aromatic heterocycles. The van der Waals surface area contributed by atoms with E-state index in [1.54, 1.807) is 52.0 Å². The fourth-order valence-electron chi connectivity index (χ4n) is 1.87. The summed E-state index contributed by atoms with van der Waals surface area (Å²) in [7, 11) is 0. The van der Waals surface area contributed by atoms with E-state index >= 15 is 0 Å². The Morgan fingerprint density at radius 1 is 1.05 bits per heavy atom. The maximum atomic E-state index is 12.2. The number of rotatable bonds is 3. The Morgan fingerprint density at radius 3 is 2.29 bits per heavy atom. The van der Waals surface area contributed by atoms with Crippen LogP contribution in [0.1, 0.15) is 38.3 Å². The van der Waals surface area contributed by atoms with Crippen LogP contribution in [0.15, 0.2) is 24.3 Å². The molecule has 0 bridgehead atoms. The highest BCUT2D eigenvalue weighted by molar-refractivity contribution is 5.97. The molecule has 0 saturated carbocycles.